The SMILES string of the molecule is CC(C)(C)OC(=O)NC(CCN)C(O)c1c(F)cccc1F. The van der Waals surface area contributed by atoms with E-state index >= 15 is 0 Å². The molecular formula is C15H22F2N2O3. The van der Waals surface area contributed by atoms with E-state index < -0.39 is 41.0 Å². The third-order valence-corrected chi connectivity index (χ3v) is 2.86. The number of hydrogen-bond donors (Lipinski definition) is 3. The van der Waals surface area contributed by atoms with Gasteiger partial charge in [-0.2, -0.15) is 0 Å². The molecule has 0 spiro atoms. The van der Waals surface area contributed by atoms with Gasteiger partial charge in [0.25, 0.3) is 0 Å². The third-order valence-electron chi connectivity index (χ3n) is 2.86. The summed E-state index contributed by atoms with van der Waals surface area (Å²) in [5.74, 6) is -1.78. The minimum atomic E-state index is -1.57. The van der Waals surface area contributed by atoms with Crippen molar-refractivity contribution in [1.29, 1.82) is 0 Å². The molecule has 0 fully saturated rings. The van der Waals surface area contributed by atoms with Crippen molar-refractivity contribution in [3.05, 3.63) is 35.4 Å². The first-order valence-corrected chi connectivity index (χ1v) is 6.97. The van der Waals surface area contributed by atoms with Gasteiger partial charge >= 0.3 is 6.09 Å². The van der Waals surface area contributed by atoms with Crippen LogP contribution in [0.1, 0.15) is 38.9 Å². The van der Waals surface area contributed by atoms with Gasteiger partial charge in [0.1, 0.15) is 23.3 Å². The summed E-state index contributed by atoms with van der Waals surface area (Å²) < 4.78 is 32.5. The number of rotatable bonds is 5. The lowest BCUT2D eigenvalue weighted by Crippen LogP contribution is -2.43. The summed E-state index contributed by atoms with van der Waals surface area (Å²) in [6.45, 7) is 5.15. The van der Waals surface area contributed by atoms with Crippen molar-refractivity contribution in [1.82, 2.24) is 5.32 Å². The average molecular weight is 316 g/mol. The monoisotopic (exact) mass is 316 g/mol. The van der Waals surface area contributed by atoms with Gasteiger partial charge in [-0.25, -0.2) is 13.6 Å². The summed E-state index contributed by atoms with van der Waals surface area (Å²) in [5.41, 5.74) is 4.20. The van der Waals surface area contributed by atoms with Crippen molar-refractivity contribution in [2.24, 2.45) is 5.73 Å². The van der Waals surface area contributed by atoms with Gasteiger partial charge in [0.15, 0.2) is 0 Å². The summed E-state index contributed by atoms with van der Waals surface area (Å²) in [7, 11) is 0. The number of hydrogen-bond acceptors (Lipinski definition) is 4. The smallest absolute Gasteiger partial charge is 0.407 e. The molecule has 5 nitrogen and oxygen atoms in total. The van der Waals surface area contributed by atoms with Crippen LogP contribution in [0.3, 0.4) is 0 Å². The Morgan fingerprint density at radius 3 is 2.36 bits per heavy atom. The number of ether oxygens (including phenoxy) is 1. The molecule has 0 radical (unpaired) electrons. The Bertz CT molecular complexity index is 498. The molecule has 0 saturated heterocycles. The van der Waals surface area contributed by atoms with Crippen molar-refractivity contribution in [3.8, 4) is 0 Å². The van der Waals surface area contributed by atoms with Crippen molar-refractivity contribution in [2.45, 2.75) is 44.9 Å². The fourth-order valence-electron chi connectivity index (χ4n) is 1.94. The number of carbonyl (C=O) groups is 1. The number of nitrogens with two attached hydrogens (primary N) is 1. The van der Waals surface area contributed by atoms with Crippen molar-refractivity contribution in [2.75, 3.05) is 6.54 Å². The fraction of sp³-hybridized carbons (Fsp3) is 0.533. The highest BCUT2D eigenvalue weighted by Crippen LogP contribution is 2.25. The largest absolute Gasteiger partial charge is 0.444 e. The van der Waals surface area contributed by atoms with E-state index in [4.69, 9.17) is 10.5 Å². The lowest BCUT2D eigenvalue weighted by Gasteiger charge is -2.27. The van der Waals surface area contributed by atoms with Crippen molar-refractivity contribution < 1.29 is 23.4 Å². The van der Waals surface area contributed by atoms with Gasteiger partial charge in [0.05, 0.1) is 11.6 Å². The minimum absolute atomic E-state index is 0.119. The molecule has 22 heavy (non-hydrogen) atoms. The number of aliphatic hydroxyl groups is 1. The Hall–Kier alpha value is -1.73. The van der Waals surface area contributed by atoms with E-state index in [1.165, 1.54) is 6.07 Å². The predicted molar refractivity (Wildman–Crippen MR) is 78.1 cm³/mol. The topological polar surface area (TPSA) is 84.6 Å². The molecule has 4 N–H and O–H groups in total. The van der Waals surface area contributed by atoms with Crippen LogP contribution in [0.25, 0.3) is 0 Å². The van der Waals surface area contributed by atoms with E-state index in [0.29, 0.717) is 0 Å². The third kappa shape index (κ3) is 5.23. The van der Waals surface area contributed by atoms with Gasteiger partial charge in [0, 0.05) is 0 Å². The Kier molecular flexibility index (Phi) is 6.25. The van der Waals surface area contributed by atoms with E-state index in [0.717, 1.165) is 12.1 Å². The first kappa shape index (κ1) is 18.3. The van der Waals surface area contributed by atoms with E-state index in [-0.39, 0.29) is 13.0 Å². The van der Waals surface area contributed by atoms with Gasteiger partial charge in [-0.3, -0.25) is 0 Å². The quantitative estimate of drug-likeness (QED) is 0.778. The zero-order chi connectivity index (χ0) is 16.9. The molecule has 1 amide bonds. The van der Waals surface area contributed by atoms with E-state index in [9.17, 15) is 18.7 Å². The Labute approximate surface area is 128 Å². The van der Waals surface area contributed by atoms with Crippen LogP contribution in [0.5, 0.6) is 0 Å². The second-order valence-electron chi connectivity index (χ2n) is 5.91. The summed E-state index contributed by atoms with van der Waals surface area (Å²) >= 11 is 0. The molecule has 7 heteroatoms. The van der Waals surface area contributed by atoms with Crippen LogP contribution in [0, 0.1) is 11.6 Å². The molecule has 0 aromatic heterocycles. The molecule has 1 rings (SSSR count). The van der Waals surface area contributed by atoms with E-state index in [1.54, 1.807) is 20.8 Å². The molecule has 0 aliphatic heterocycles. The van der Waals surface area contributed by atoms with E-state index in [1.807, 2.05) is 0 Å². The maximum Gasteiger partial charge on any atom is 0.407 e. The summed E-state index contributed by atoms with van der Waals surface area (Å²) in [6, 6.07) is 2.30. The highest BCUT2D eigenvalue weighted by Gasteiger charge is 2.29. The van der Waals surface area contributed by atoms with E-state index in [2.05, 4.69) is 5.32 Å². The lowest BCUT2D eigenvalue weighted by molar-refractivity contribution is 0.0407. The molecule has 2 atom stereocenters. The van der Waals surface area contributed by atoms with Crippen LogP contribution < -0.4 is 11.1 Å². The van der Waals surface area contributed by atoms with Crippen LogP contribution in [-0.2, 0) is 4.74 Å². The van der Waals surface area contributed by atoms with Gasteiger partial charge in [0.2, 0.25) is 0 Å². The summed E-state index contributed by atoms with van der Waals surface area (Å²) in [6.07, 6.45) is -2.23. The summed E-state index contributed by atoms with van der Waals surface area (Å²) in [4.78, 5) is 11.8. The number of benzene rings is 1. The number of carbonyl (C=O) groups excluding carboxylic acids is 1. The summed E-state index contributed by atoms with van der Waals surface area (Å²) in [5, 5.41) is 12.6. The molecule has 1 aromatic rings. The number of alkyl carbamates (subject to hydrolysis) is 1. The molecular weight excluding hydrogens is 294 g/mol. The standard InChI is InChI=1S/C15H22F2N2O3/c1-15(2,3)22-14(21)19-11(7-8-18)13(20)12-9(16)5-4-6-10(12)17/h4-6,11,13,20H,7-8,18H2,1-3H3,(H,19,21). The molecule has 0 saturated carbocycles. The maximum atomic E-state index is 13.7. The lowest BCUT2D eigenvalue weighted by atomic mass is 9.98. The van der Waals surface area contributed by atoms with Crippen LogP contribution in [0.4, 0.5) is 13.6 Å². The van der Waals surface area contributed by atoms with Crippen LogP contribution in [-0.4, -0.2) is 29.4 Å². The number of nitrogens with one attached hydrogen (secondary N) is 1. The molecule has 2 unspecified atom stereocenters. The first-order valence-electron chi connectivity index (χ1n) is 6.97. The Morgan fingerprint density at radius 2 is 1.91 bits per heavy atom. The number of aliphatic hydroxyl groups excluding tert-OH is 1. The van der Waals surface area contributed by atoms with Gasteiger partial charge in [-0.15, -0.1) is 0 Å². The minimum Gasteiger partial charge on any atom is -0.444 e. The molecule has 1 aromatic carbocycles. The molecule has 0 aliphatic carbocycles. The Morgan fingerprint density at radius 1 is 1.36 bits per heavy atom. The number of halogens is 2. The number of amides is 1. The second-order valence-corrected chi connectivity index (χ2v) is 5.91. The predicted octanol–water partition coefficient (Wildman–Crippen LogP) is 2.24. The van der Waals surface area contributed by atoms with Gasteiger partial charge in [-0.1, -0.05) is 6.07 Å². The second kappa shape index (κ2) is 7.51. The van der Waals surface area contributed by atoms with Crippen LogP contribution in [0.2, 0.25) is 0 Å². The average Bonchev–Trinajstić information content (AvgIpc) is 2.35. The van der Waals surface area contributed by atoms with Gasteiger partial charge < -0.3 is 20.9 Å². The molecule has 0 heterocycles. The fourth-order valence-corrected chi connectivity index (χ4v) is 1.94. The maximum absolute atomic E-state index is 13.7. The highest BCUT2D eigenvalue weighted by atomic mass is 19.1. The molecule has 0 aliphatic rings. The zero-order valence-electron chi connectivity index (χ0n) is 12.9. The molecule has 0 bridgehead atoms. The van der Waals surface area contributed by atoms with Gasteiger partial charge in [-0.05, 0) is 45.9 Å². The van der Waals surface area contributed by atoms with Crippen molar-refractivity contribution >= 4 is 6.09 Å². The van der Waals surface area contributed by atoms with Crippen LogP contribution in [0.15, 0.2) is 18.2 Å². The highest BCUT2D eigenvalue weighted by molar-refractivity contribution is 5.68. The first-order chi connectivity index (χ1) is 10.2. The normalized spacial score (nSPS) is 14.3. The zero-order valence-corrected chi connectivity index (χ0v) is 12.9. The van der Waals surface area contributed by atoms with Crippen LogP contribution >= 0.6 is 0 Å². The Balaban J connectivity index is 2.93. The van der Waals surface area contributed by atoms with Crippen molar-refractivity contribution in [3.63, 3.8) is 0 Å². The molecule has 124 valence electrons.